The maximum atomic E-state index is 12.5. The van der Waals surface area contributed by atoms with Crippen molar-refractivity contribution in [3.63, 3.8) is 0 Å². The second-order valence-corrected chi connectivity index (χ2v) is 9.01. The van der Waals surface area contributed by atoms with Crippen LogP contribution in [-0.4, -0.2) is 36.5 Å². The van der Waals surface area contributed by atoms with Crippen LogP contribution < -0.4 is 10.6 Å². The van der Waals surface area contributed by atoms with E-state index in [4.69, 9.17) is 0 Å². The molecule has 28 heavy (non-hydrogen) atoms. The van der Waals surface area contributed by atoms with Gasteiger partial charge in [0.2, 0.25) is 5.91 Å². The number of aryl methyl sites for hydroxylation is 2. The Bertz CT molecular complexity index is 671. The van der Waals surface area contributed by atoms with E-state index in [0.29, 0.717) is 5.41 Å². The molecule has 1 aromatic carbocycles. The maximum absolute atomic E-state index is 12.5. The summed E-state index contributed by atoms with van der Waals surface area (Å²) in [5.74, 6) is 0.551. The molecular formula is C23H37N3O2. The average Bonchev–Trinajstić information content (AvgIpc) is 2.65. The Morgan fingerprint density at radius 3 is 2.21 bits per heavy atom. The highest BCUT2D eigenvalue weighted by Crippen LogP contribution is 2.40. The van der Waals surface area contributed by atoms with E-state index in [1.54, 1.807) is 7.05 Å². The summed E-state index contributed by atoms with van der Waals surface area (Å²) < 4.78 is 0. The molecule has 2 rings (SSSR count). The molecule has 0 bridgehead atoms. The van der Waals surface area contributed by atoms with Gasteiger partial charge in [-0.25, -0.2) is 4.79 Å². The summed E-state index contributed by atoms with van der Waals surface area (Å²) >= 11 is 0. The second kappa shape index (κ2) is 9.44. The molecule has 0 atom stereocenters. The van der Waals surface area contributed by atoms with E-state index in [2.05, 4.69) is 31.4 Å². The van der Waals surface area contributed by atoms with Gasteiger partial charge in [0.05, 0.1) is 0 Å². The molecule has 1 fully saturated rings. The number of carbonyl (C=O) groups is 2. The number of nitrogens with zero attached hydrogens (tertiary/aromatic N) is 1. The lowest BCUT2D eigenvalue weighted by molar-refractivity contribution is -0.116. The van der Waals surface area contributed by atoms with Crippen molar-refractivity contribution in [3.8, 4) is 0 Å². The third-order valence-corrected chi connectivity index (χ3v) is 6.54. The van der Waals surface area contributed by atoms with Gasteiger partial charge in [-0.1, -0.05) is 45.4 Å². The molecule has 1 aromatic rings. The van der Waals surface area contributed by atoms with Crippen molar-refractivity contribution in [3.05, 3.63) is 29.3 Å². The Hall–Kier alpha value is -2.04. The molecule has 0 unspecified atom stereocenters. The predicted octanol–water partition coefficient (Wildman–Crippen LogP) is 4.88. The molecule has 0 aliphatic heterocycles. The van der Waals surface area contributed by atoms with Crippen LogP contribution in [-0.2, 0) is 4.79 Å². The van der Waals surface area contributed by atoms with E-state index in [1.165, 1.54) is 11.3 Å². The van der Waals surface area contributed by atoms with Crippen molar-refractivity contribution in [2.45, 2.75) is 72.8 Å². The molecule has 0 aromatic heterocycles. The zero-order valence-electron chi connectivity index (χ0n) is 18.4. The first-order valence-electron chi connectivity index (χ1n) is 10.5. The van der Waals surface area contributed by atoms with Crippen LogP contribution in [0.2, 0.25) is 0 Å². The van der Waals surface area contributed by atoms with E-state index >= 15 is 0 Å². The molecular weight excluding hydrogens is 350 g/mol. The smallest absolute Gasteiger partial charge is 0.317 e. The molecule has 0 heterocycles. The molecule has 1 aliphatic rings. The van der Waals surface area contributed by atoms with Crippen LogP contribution >= 0.6 is 0 Å². The minimum absolute atomic E-state index is 0.0395. The third kappa shape index (κ3) is 5.73. The Labute approximate surface area is 170 Å². The van der Waals surface area contributed by atoms with Crippen LogP contribution in [0, 0.1) is 25.2 Å². The van der Waals surface area contributed by atoms with Crippen LogP contribution in [0.25, 0.3) is 0 Å². The second-order valence-electron chi connectivity index (χ2n) is 9.01. The van der Waals surface area contributed by atoms with Gasteiger partial charge in [-0.15, -0.1) is 0 Å². The fourth-order valence-corrected chi connectivity index (χ4v) is 4.07. The minimum atomic E-state index is -0.177. The van der Waals surface area contributed by atoms with Gasteiger partial charge in [0.25, 0.3) is 0 Å². The Morgan fingerprint density at radius 1 is 1.11 bits per heavy atom. The summed E-state index contributed by atoms with van der Waals surface area (Å²) in [5, 5.41) is 6.04. The van der Waals surface area contributed by atoms with E-state index < -0.39 is 0 Å². The van der Waals surface area contributed by atoms with Crippen molar-refractivity contribution in [2.75, 3.05) is 18.9 Å². The van der Waals surface area contributed by atoms with Crippen LogP contribution in [0.4, 0.5) is 10.5 Å². The molecule has 5 heteroatoms. The summed E-state index contributed by atoms with van der Waals surface area (Å²) in [6.07, 6.45) is 5.53. The first-order valence-corrected chi connectivity index (χ1v) is 10.5. The molecule has 5 nitrogen and oxygen atoms in total. The van der Waals surface area contributed by atoms with Gasteiger partial charge >= 0.3 is 6.03 Å². The number of amides is 3. The standard InChI is InChI=1S/C23H37N3O2/c1-7-23(4,5)18-11-13-19(14-12-18)24-22(28)26(6)15-20(27)25-21-16(2)9-8-10-17(21)3/h8-10,18-19H,7,11-15H2,1-6H3,(H,24,28)(H,25,27). The number of likely N-dealkylation sites (N-methyl/N-ethyl adjacent to an activating group) is 1. The lowest BCUT2D eigenvalue weighted by atomic mass is 9.69. The number of hydrogen-bond donors (Lipinski definition) is 2. The highest BCUT2D eigenvalue weighted by atomic mass is 16.2. The number of urea groups is 1. The Morgan fingerprint density at radius 2 is 1.68 bits per heavy atom. The van der Waals surface area contributed by atoms with Crippen molar-refractivity contribution in [1.82, 2.24) is 10.2 Å². The summed E-state index contributed by atoms with van der Waals surface area (Å²) in [6, 6.07) is 5.94. The van der Waals surface area contributed by atoms with Gasteiger partial charge in [0, 0.05) is 18.8 Å². The number of rotatable bonds is 6. The number of anilines is 1. The van der Waals surface area contributed by atoms with Gasteiger partial charge in [0.15, 0.2) is 0 Å². The van der Waals surface area contributed by atoms with Gasteiger partial charge in [-0.05, 0) is 62.0 Å². The molecule has 1 saturated carbocycles. The highest BCUT2D eigenvalue weighted by molar-refractivity contribution is 5.95. The molecule has 3 amide bonds. The Kier molecular flexibility index (Phi) is 7.50. The van der Waals surface area contributed by atoms with Crippen molar-refractivity contribution < 1.29 is 9.59 Å². The number of para-hydroxylation sites is 1. The topological polar surface area (TPSA) is 61.4 Å². The number of carbonyl (C=O) groups excluding carboxylic acids is 2. The fraction of sp³-hybridized carbons (Fsp3) is 0.652. The molecule has 0 radical (unpaired) electrons. The van der Waals surface area contributed by atoms with Crippen molar-refractivity contribution in [2.24, 2.45) is 11.3 Å². The van der Waals surface area contributed by atoms with Gasteiger partial charge in [-0.3, -0.25) is 4.79 Å². The molecule has 2 N–H and O–H groups in total. The quantitative estimate of drug-likeness (QED) is 0.731. The molecule has 156 valence electrons. The van der Waals surface area contributed by atoms with Crippen LogP contribution in [0.1, 0.15) is 64.0 Å². The molecule has 1 aliphatic carbocycles. The highest BCUT2D eigenvalue weighted by Gasteiger charge is 2.32. The monoisotopic (exact) mass is 387 g/mol. The van der Waals surface area contributed by atoms with E-state index in [0.717, 1.165) is 48.4 Å². The van der Waals surface area contributed by atoms with E-state index in [1.807, 2.05) is 32.0 Å². The van der Waals surface area contributed by atoms with Crippen LogP contribution in [0.3, 0.4) is 0 Å². The minimum Gasteiger partial charge on any atom is -0.335 e. The number of hydrogen-bond acceptors (Lipinski definition) is 2. The van der Waals surface area contributed by atoms with Gasteiger partial charge in [-0.2, -0.15) is 0 Å². The van der Waals surface area contributed by atoms with Crippen molar-refractivity contribution >= 4 is 17.6 Å². The molecule has 0 spiro atoms. The summed E-state index contributed by atoms with van der Waals surface area (Å²) in [6.45, 7) is 10.9. The van der Waals surface area contributed by atoms with E-state index in [9.17, 15) is 9.59 Å². The maximum Gasteiger partial charge on any atom is 0.317 e. The largest absolute Gasteiger partial charge is 0.335 e. The van der Waals surface area contributed by atoms with Crippen LogP contribution in [0.15, 0.2) is 18.2 Å². The van der Waals surface area contributed by atoms with Gasteiger partial charge in [0.1, 0.15) is 6.54 Å². The van der Waals surface area contributed by atoms with Crippen LogP contribution in [0.5, 0.6) is 0 Å². The zero-order valence-corrected chi connectivity index (χ0v) is 18.4. The average molecular weight is 388 g/mol. The lowest BCUT2D eigenvalue weighted by Crippen LogP contribution is -2.47. The summed E-state index contributed by atoms with van der Waals surface area (Å²) in [4.78, 5) is 26.3. The predicted molar refractivity (Wildman–Crippen MR) is 116 cm³/mol. The number of benzene rings is 1. The van der Waals surface area contributed by atoms with E-state index in [-0.39, 0.29) is 24.5 Å². The normalized spacial score (nSPS) is 19.8. The Balaban J connectivity index is 1.81. The summed E-state index contributed by atoms with van der Waals surface area (Å²) in [7, 11) is 1.67. The molecule has 0 saturated heterocycles. The number of nitrogens with one attached hydrogen (secondary N) is 2. The van der Waals surface area contributed by atoms with Gasteiger partial charge < -0.3 is 15.5 Å². The SMILES string of the molecule is CCC(C)(C)C1CCC(NC(=O)N(C)CC(=O)Nc2c(C)cccc2C)CC1. The fourth-order valence-electron chi connectivity index (χ4n) is 4.07. The zero-order chi connectivity index (χ0) is 20.9. The van der Waals surface area contributed by atoms with Crippen molar-refractivity contribution in [1.29, 1.82) is 0 Å². The lowest BCUT2D eigenvalue weighted by Gasteiger charge is -2.39. The third-order valence-electron chi connectivity index (χ3n) is 6.54. The summed E-state index contributed by atoms with van der Waals surface area (Å²) in [5.41, 5.74) is 3.25. The first-order chi connectivity index (χ1) is 13.1. The first kappa shape index (κ1) is 22.3.